The van der Waals surface area contributed by atoms with Gasteiger partial charge in [-0.05, 0) is 63.3 Å². The molecule has 3 aromatic rings. The van der Waals surface area contributed by atoms with E-state index in [-0.39, 0.29) is 10.8 Å². The molecule has 10 heteroatoms. The van der Waals surface area contributed by atoms with Gasteiger partial charge in [-0.1, -0.05) is 24.2 Å². The molecule has 1 aliphatic heterocycles. The fourth-order valence-electron chi connectivity index (χ4n) is 4.08. The zero-order chi connectivity index (χ0) is 25.0. The average Bonchev–Trinajstić information content (AvgIpc) is 3.06. The smallest absolute Gasteiger partial charge is 0.260 e. The molecule has 0 radical (unpaired) electrons. The summed E-state index contributed by atoms with van der Waals surface area (Å²) in [6.45, 7) is 2.20. The van der Waals surface area contributed by atoms with Crippen molar-refractivity contribution >= 4 is 42.6 Å². The Labute approximate surface area is 211 Å². The van der Waals surface area contributed by atoms with E-state index in [1.807, 2.05) is 37.2 Å². The van der Waals surface area contributed by atoms with Gasteiger partial charge in [0.2, 0.25) is 10.0 Å². The van der Waals surface area contributed by atoms with Crippen molar-refractivity contribution in [1.29, 1.82) is 0 Å². The van der Waals surface area contributed by atoms with E-state index in [1.54, 1.807) is 40.6 Å². The molecule has 0 atom stereocenters. The largest absolute Gasteiger partial charge is 0.497 e. The van der Waals surface area contributed by atoms with Crippen LogP contribution >= 0.6 is 11.3 Å². The monoisotopic (exact) mass is 516 g/mol. The maximum absolute atomic E-state index is 13.6. The molecule has 0 unspecified atom stereocenters. The molecule has 0 N–H and O–H groups in total. The van der Waals surface area contributed by atoms with Crippen LogP contribution in [0.5, 0.6) is 5.75 Å². The van der Waals surface area contributed by atoms with Gasteiger partial charge in [-0.15, -0.1) is 0 Å². The van der Waals surface area contributed by atoms with Crippen LogP contribution in [0.2, 0.25) is 0 Å². The second-order valence-electron chi connectivity index (χ2n) is 8.93. The molecule has 188 valence electrons. The van der Waals surface area contributed by atoms with Gasteiger partial charge in [0.25, 0.3) is 5.91 Å². The fourth-order valence-corrected chi connectivity index (χ4v) is 6.57. The van der Waals surface area contributed by atoms with Crippen LogP contribution in [-0.2, 0) is 10.0 Å². The number of thiazole rings is 1. The normalized spacial score (nSPS) is 15.3. The highest BCUT2D eigenvalue weighted by Gasteiger charge is 2.26. The predicted octanol–water partition coefficient (Wildman–Crippen LogP) is 4.08. The Kier molecular flexibility index (Phi) is 8.05. The lowest BCUT2D eigenvalue weighted by Crippen LogP contribution is -2.36. The van der Waals surface area contributed by atoms with E-state index >= 15 is 0 Å². The molecule has 1 fully saturated rings. The van der Waals surface area contributed by atoms with Gasteiger partial charge in [-0.2, -0.15) is 4.31 Å². The Hall–Kier alpha value is -2.53. The molecule has 8 nitrogen and oxygen atoms in total. The Morgan fingerprint density at radius 1 is 1.03 bits per heavy atom. The molecule has 1 aromatic heterocycles. The molecule has 1 saturated heterocycles. The van der Waals surface area contributed by atoms with E-state index in [0.29, 0.717) is 42.6 Å². The molecule has 1 amide bonds. The Balaban J connectivity index is 1.60. The van der Waals surface area contributed by atoms with E-state index in [0.717, 1.165) is 35.9 Å². The lowest BCUT2D eigenvalue weighted by atomic mass is 10.2. The number of amides is 1. The number of nitrogens with zero attached hydrogens (tertiary/aromatic N) is 4. The van der Waals surface area contributed by atoms with Gasteiger partial charge in [0.1, 0.15) is 5.75 Å². The number of hydrogen-bond donors (Lipinski definition) is 0. The highest BCUT2D eigenvalue weighted by Crippen LogP contribution is 2.32. The quantitative estimate of drug-likeness (QED) is 0.449. The second kappa shape index (κ2) is 11.0. The standard InChI is InChI=1S/C25H32N4O4S2/c1-27(2)16-17-29(25-26-22-18-20(33-3)10-13-23(22)34-25)24(30)19-8-11-21(12-9-19)35(31,32)28-14-6-4-5-7-15-28/h8-13,18H,4-7,14-17H2,1-3H3. The van der Waals surface area contributed by atoms with E-state index in [9.17, 15) is 13.2 Å². The molecule has 4 rings (SSSR count). The van der Waals surface area contributed by atoms with Gasteiger partial charge in [0.15, 0.2) is 5.13 Å². The first kappa shape index (κ1) is 25.6. The Morgan fingerprint density at radius 3 is 2.34 bits per heavy atom. The fraction of sp³-hybridized carbons (Fsp3) is 0.440. The summed E-state index contributed by atoms with van der Waals surface area (Å²) in [7, 11) is 1.95. The van der Waals surface area contributed by atoms with Crippen LogP contribution in [0.15, 0.2) is 47.4 Å². The molecule has 1 aliphatic rings. The van der Waals surface area contributed by atoms with Crippen LogP contribution in [0.3, 0.4) is 0 Å². The van der Waals surface area contributed by atoms with Gasteiger partial charge >= 0.3 is 0 Å². The Morgan fingerprint density at radius 2 is 1.71 bits per heavy atom. The number of methoxy groups -OCH3 is 1. The minimum Gasteiger partial charge on any atom is -0.497 e. The van der Waals surface area contributed by atoms with Gasteiger partial charge < -0.3 is 9.64 Å². The molecular weight excluding hydrogens is 484 g/mol. The highest BCUT2D eigenvalue weighted by molar-refractivity contribution is 7.89. The number of ether oxygens (including phenoxy) is 1. The van der Waals surface area contributed by atoms with E-state index in [1.165, 1.54) is 11.3 Å². The zero-order valence-electron chi connectivity index (χ0n) is 20.4. The molecule has 2 heterocycles. The van der Waals surface area contributed by atoms with Crippen LogP contribution in [0.1, 0.15) is 36.0 Å². The van der Waals surface area contributed by atoms with E-state index < -0.39 is 10.0 Å². The molecule has 35 heavy (non-hydrogen) atoms. The van der Waals surface area contributed by atoms with E-state index in [4.69, 9.17) is 9.72 Å². The second-order valence-corrected chi connectivity index (χ2v) is 11.9. The molecule has 0 aliphatic carbocycles. The van der Waals surface area contributed by atoms with Crippen molar-refractivity contribution < 1.29 is 17.9 Å². The maximum atomic E-state index is 13.6. The lowest BCUT2D eigenvalue weighted by molar-refractivity contribution is 0.0985. The third kappa shape index (κ3) is 5.83. The van der Waals surface area contributed by atoms with Crippen molar-refractivity contribution in [3.63, 3.8) is 0 Å². The van der Waals surface area contributed by atoms with Crippen molar-refractivity contribution in [3.05, 3.63) is 48.0 Å². The minimum absolute atomic E-state index is 0.211. The molecule has 0 bridgehead atoms. The number of anilines is 1. The number of hydrogen-bond acceptors (Lipinski definition) is 7. The average molecular weight is 517 g/mol. The van der Waals surface area contributed by atoms with E-state index in [2.05, 4.69) is 0 Å². The van der Waals surface area contributed by atoms with Crippen molar-refractivity contribution in [2.75, 3.05) is 52.3 Å². The third-order valence-corrected chi connectivity index (χ3v) is 9.11. The van der Waals surface area contributed by atoms with Crippen LogP contribution in [0, 0.1) is 0 Å². The van der Waals surface area contributed by atoms with Crippen molar-refractivity contribution in [2.24, 2.45) is 0 Å². The molecule has 2 aromatic carbocycles. The molecule has 0 spiro atoms. The number of aromatic nitrogens is 1. The zero-order valence-corrected chi connectivity index (χ0v) is 22.1. The summed E-state index contributed by atoms with van der Waals surface area (Å²) in [5.74, 6) is 0.498. The minimum atomic E-state index is -3.57. The number of carbonyl (C=O) groups is 1. The third-order valence-electron chi connectivity index (χ3n) is 6.13. The lowest BCUT2D eigenvalue weighted by Gasteiger charge is -2.22. The summed E-state index contributed by atoms with van der Waals surface area (Å²) in [6.07, 6.45) is 3.87. The topological polar surface area (TPSA) is 83.0 Å². The SMILES string of the molecule is COc1ccc2sc(N(CCN(C)C)C(=O)c3ccc(S(=O)(=O)N4CCCCCC4)cc3)nc2c1. The Bertz CT molecular complexity index is 1260. The van der Waals surface area contributed by atoms with Crippen LogP contribution in [-0.4, -0.2) is 75.9 Å². The summed E-state index contributed by atoms with van der Waals surface area (Å²) in [5, 5.41) is 0.598. The molecular formula is C25H32N4O4S2. The summed E-state index contributed by atoms with van der Waals surface area (Å²) < 4.78 is 34.1. The first-order valence-electron chi connectivity index (χ1n) is 11.8. The maximum Gasteiger partial charge on any atom is 0.260 e. The van der Waals surface area contributed by atoms with Crippen LogP contribution in [0.4, 0.5) is 5.13 Å². The number of carbonyl (C=O) groups excluding carboxylic acids is 1. The first-order valence-corrected chi connectivity index (χ1v) is 14.1. The number of rotatable bonds is 8. The predicted molar refractivity (Wildman–Crippen MR) is 140 cm³/mol. The summed E-state index contributed by atoms with van der Waals surface area (Å²) in [4.78, 5) is 22.1. The summed E-state index contributed by atoms with van der Waals surface area (Å²) in [6, 6.07) is 12.0. The van der Waals surface area contributed by atoms with Gasteiger partial charge in [-0.25, -0.2) is 13.4 Å². The van der Waals surface area contributed by atoms with Gasteiger partial charge in [0.05, 0.1) is 22.2 Å². The summed E-state index contributed by atoms with van der Waals surface area (Å²) in [5.41, 5.74) is 1.20. The number of likely N-dealkylation sites (N-methyl/N-ethyl adjacent to an activating group) is 1. The van der Waals surface area contributed by atoms with Crippen molar-refractivity contribution in [1.82, 2.24) is 14.2 Å². The first-order chi connectivity index (χ1) is 16.8. The van der Waals surface area contributed by atoms with Crippen LogP contribution < -0.4 is 9.64 Å². The van der Waals surface area contributed by atoms with Gasteiger partial charge in [0, 0.05) is 37.8 Å². The summed E-state index contributed by atoms with van der Waals surface area (Å²) >= 11 is 1.44. The number of benzene rings is 2. The van der Waals surface area contributed by atoms with Crippen molar-refractivity contribution in [2.45, 2.75) is 30.6 Å². The van der Waals surface area contributed by atoms with Crippen LogP contribution in [0.25, 0.3) is 10.2 Å². The van der Waals surface area contributed by atoms with Gasteiger partial charge in [-0.3, -0.25) is 9.69 Å². The highest BCUT2D eigenvalue weighted by atomic mass is 32.2. The molecule has 0 saturated carbocycles. The van der Waals surface area contributed by atoms with Crippen molar-refractivity contribution in [3.8, 4) is 5.75 Å². The number of fused-ring (bicyclic) bond motifs is 1. The number of sulfonamides is 1.